The van der Waals surface area contributed by atoms with E-state index in [2.05, 4.69) is 23.6 Å². The molecule has 7 heteroatoms. The van der Waals surface area contributed by atoms with Gasteiger partial charge in [0.2, 0.25) is 5.91 Å². The Labute approximate surface area is 198 Å². The highest BCUT2D eigenvalue weighted by molar-refractivity contribution is 8.03. The van der Waals surface area contributed by atoms with E-state index in [0.29, 0.717) is 28.4 Å². The van der Waals surface area contributed by atoms with Crippen molar-refractivity contribution < 1.29 is 14.0 Å². The summed E-state index contributed by atoms with van der Waals surface area (Å²) in [4.78, 5) is 25.3. The SMILES string of the molecule is CCCCc1ccc(NC(=O)CSC2=C(C#N)[C@@H](c3ccco3)C3=C(CCCC3=O)N2)cc1. The maximum Gasteiger partial charge on any atom is 0.234 e. The second-order valence-electron chi connectivity index (χ2n) is 8.23. The number of anilines is 1. The van der Waals surface area contributed by atoms with Gasteiger partial charge < -0.3 is 15.1 Å². The number of unbranched alkanes of at least 4 members (excludes halogenated alkanes) is 1. The van der Waals surface area contributed by atoms with Gasteiger partial charge in [-0.25, -0.2) is 0 Å². The number of carbonyl (C=O) groups is 2. The minimum atomic E-state index is -0.532. The van der Waals surface area contributed by atoms with Crippen molar-refractivity contribution >= 4 is 29.1 Å². The topological polar surface area (TPSA) is 95.1 Å². The Balaban J connectivity index is 1.47. The first kappa shape index (κ1) is 22.9. The lowest BCUT2D eigenvalue weighted by Gasteiger charge is -2.32. The number of hydrogen-bond acceptors (Lipinski definition) is 6. The summed E-state index contributed by atoms with van der Waals surface area (Å²) in [5, 5.41) is 16.8. The van der Waals surface area contributed by atoms with Gasteiger partial charge in [-0.1, -0.05) is 37.2 Å². The zero-order valence-electron chi connectivity index (χ0n) is 18.6. The highest BCUT2D eigenvalue weighted by Crippen LogP contribution is 2.44. The lowest BCUT2D eigenvalue weighted by Crippen LogP contribution is -2.31. The van der Waals surface area contributed by atoms with Gasteiger partial charge in [-0.2, -0.15) is 5.26 Å². The van der Waals surface area contributed by atoms with Crippen LogP contribution in [0.1, 0.15) is 56.3 Å². The molecule has 2 aromatic rings. The summed E-state index contributed by atoms with van der Waals surface area (Å²) >= 11 is 1.28. The fourth-order valence-electron chi connectivity index (χ4n) is 4.25. The predicted octanol–water partition coefficient (Wildman–Crippen LogP) is 5.42. The highest BCUT2D eigenvalue weighted by atomic mass is 32.2. The Bertz CT molecular complexity index is 1120. The van der Waals surface area contributed by atoms with Crippen molar-refractivity contribution in [3.05, 3.63) is 75.9 Å². The quantitative estimate of drug-likeness (QED) is 0.545. The molecule has 0 saturated heterocycles. The largest absolute Gasteiger partial charge is 0.468 e. The van der Waals surface area contributed by atoms with Crippen LogP contribution in [0.15, 0.2) is 69.0 Å². The molecule has 4 rings (SSSR count). The van der Waals surface area contributed by atoms with Crippen LogP contribution in [0.2, 0.25) is 0 Å². The van der Waals surface area contributed by atoms with Crippen LogP contribution in [0.5, 0.6) is 0 Å². The normalized spacial score (nSPS) is 17.9. The van der Waals surface area contributed by atoms with Gasteiger partial charge >= 0.3 is 0 Å². The van der Waals surface area contributed by atoms with Gasteiger partial charge in [0, 0.05) is 23.4 Å². The van der Waals surface area contributed by atoms with Crippen molar-refractivity contribution in [2.75, 3.05) is 11.1 Å². The number of nitriles is 1. The van der Waals surface area contributed by atoms with Crippen LogP contribution in [0.3, 0.4) is 0 Å². The molecule has 1 aromatic carbocycles. The molecule has 6 nitrogen and oxygen atoms in total. The molecule has 2 N–H and O–H groups in total. The number of carbonyl (C=O) groups excluding carboxylic acids is 2. The summed E-state index contributed by atoms with van der Waals surface area (Å²) in [7, 11) is 0. The number of benzene rings is 1. The number of aryl methyl sites for hydroxylation is 1. The molecule has 0 fully saturated rings. The van der Waals surface area contributed by atoms with Crippen molar-refractivity contribution in [3.8, 4) is 6.07 Å². The zero-order valence-corrected chi connectivity index (χ0v) is 19.5. The van der Waals surface area contributed by atoms with Gasteiger partial charge in [0.15, 0.2) is 5.78 Å². The van der Waals surface area contributed by atoms with Gasteiger partial charge in [-0.3, -0.25) is 9.59 Å². The van der Waals surface area contributed by atoms with Crippen LogP contribution in [-0.4, -0.2) is 17.4 Å². The third kappa shape index (κ3) is 5.23. The van der Waals surface area contributed by atoms with Crippen molar-refractivity contribution in [1.29, 1.82) is 5.26 Å². The first-order valence-electron chi connectivity index (χ1n) is 11.3. The Morgan fingerprint density at radius 2 is 2.09 bits per heavy atom. The summed E-state index contributed by atoms with van der Waals surface area (Å²) in [6.45, 7) is 2.17. The average Bonchev–Trinajstić information content (AvgIpc) is 3.36. The van der Waals surface area contributed by atoms with Crippen LogP contribution in [0, 0.1) is 11.3 Å². The average molecular weight is 462 g/mol. The van der Waals surface area contributed by atoms with Crippen molar-refractivity contribution in [2.24, 2.45) is 0 Å². The van der Waals surface area contributed by atoms with Gasteiger partial charge in [-0.15, -0.1) is 0 Å². The van der Waals surface area contributed by atoms with Crippen molar-refractivity contribution in [3.63, 3.8) is 0 Å². The number of dihydropyridines is 1. The Hall–Kier alpha value is -3.24. The van der Waals surface area contributed by atoms with Gasteiger partial charge in [0.1, 0.15) is 5.76 Å². The molecule has 0 spiro atoms. The van der Waals surface area contributed by atoms with Crippen LogP contribution in [0.25, 0.3) is 0 Å². The Morgan fingerprint density at radius 1 is 1.27 bits per heavy atom. The lowest BCUT2D eigenvalue weighted by atomic mass is 9.79. The van der Waals surface area contributed by atoms with Gasteiger partial charge in [0.25, 0.3) is 0 Å². The van der Waals surface area contributed by atoms with Crippen LogP contribution >= 0.6 is 11.8 Å². The molecular weight excluding hydrogens is 434 g/mol. The molecule has 33 heavy (non-hydrogen) atoms. The standard InChI is InChI=1S/C26H27N3O3S/c1-2-3-6-17-10-12-18(13-11-17)28-23(31)16-33-26-19(15-27)24(22-9-5-14-32-22)25-20(29-26)7-4-8-21(25)30/h5,9-14,24,29H,2-4,6-8,16H2,1H3,(H,28,31)/t24-/m0/s1. The molecule has 0 saturated carbocycles. The molecule has 2 aliphatic rings. The number of thioether (sulfide) groups is 1. The van der Waals surface area contributed by atoms with Crippen LogP contribution in [-0.2, 0) is 16.0 Å². The lowest BCUT2D eigenvalue weighted by molar-refractivity contribution is -0.116. The van der Waals surface area contributed by atoms with E-state index in [4.69, 9.17) is 4.42 Å². The van der Waals surface area contributed by atoms with Gasteiger partial charge in [-0.05, 0) is 55.5 Å². The number of nitrogens with one attached hydrogen (secondary N) is 2. The molecule has 0 radical (unpaired) electrons. The molecule has 1 atom stereocenters. The molecule has 0 bridgehead atoms. The van der Waals surface area contributed by atoms with E-state index in [1.54, 1.807) is 18.4 Å². The number of amides is 1. The van der Waals surface area contributed by atoms with Crippen LogP contribution in [0.4, 0.5) is 5.69 Å². The smallest absolute Gasteiger partial charge is 0.234 e. The fourth-order valence-corrected chi connectivity index (χ4v) is 5.11. The Kier molecular flexibility index (Phi) is 7.36. The molecular formula is C26H27N3O3S. The summed E-state index contributed by atoms with van der Waals surface area (Å²) in [6.07, 6.45) is 6.86. The first-order chi connectivity index (χ1) is 16.1. The minimum Gasteiger partial charge on any atom is -0.468 e. The van der Waals surface area contributed by atoms with E-state index >= 15 is 0 Å². The molecule has 1 aromatic heterocycles. The second kappa shape index (κ2) is 10.6. The summed E-state index contributed by atoms with van der Waals surface area (Å²) < 4.78 is 5.60. The maximum absolute atomic E-state index is 12.7. The van der Waals surface area contributed by atoms with E-state index in [1.165, 1.54) is 17.3 Å². The van der Waals surface area contributed by atoms with Crippen molar-refractivity contribution in [2.45, 2.75) is 51.4 Å². The first-order valence-corrected chi connectivity index (χ1v) is 12.3. The second-order valence-corrected chi connectivity index (χ2v) is 9.22. The zero-order chi connectivity index (χ0) is 23.2. The molecule has 1 aliphatic heterocycles. The number of ketones is 1. The monoisotopic (exact) mass is 461 g/mol. The summed E-state index contributed by atoms with van der Waals surface area (Å²) in [6, 6.07) is 13.7. The maximum atomic E-state index is 12.7. The van der Waals surface area contributed by atoms with E-state index in [9.17, 15) is 14.9 Å². The van der Waals surface area contributed by atoms with E-state index in [0.717, 1.165) is 43.5 Å². The summed E-state index contributed by atoms with van der Waals surface area (Å²) in [5.74, 6) is 0.0767. The van der Waals surface area contributed by atoms with Crippen LogP contribution < -0.4 is 10.6 Å². The molecule has 170 valence electrons. The summed E-state index contributed by atoms with van der Waals surface area (Å²) in [5.41, 5.74) is 3.87. The third-order valence-electron chi connectivity index (χ3n) is 5.89. The number of allylic oxidation sites excluding steroid dienone is 3. The van der Waals surface area contributed by atoms with E-state index in [-0.39, 0.29) is 17.4 Å². The van der Waals surface area contributed by atoms with E-state index in [1.807, 2.05) is 24.3 Å². The number of rotatable bonds is 8. The Morgan fingerprint density at radius 3 is 2.79 bits per heavy atom. The third-order valence-corrected chi connectivity index (χ3v) is 6.91. The molecule has 1 aliphatic carbocycles. The highest BCUT2D eigenvalue weighted by Gasteiger charge is 2.38. The van der Waals surface area contributed by atoms with Crippen molar-refractivity contribution in [1.82, 2.24) is 5.32 Å². The molecule has 2 heterocycles. The predicted molar refractivity (Wildman–Crippen MR) is 129 cm³/mol. The van der Waals surface area contributed by atoms with E-state index < -0.39 is 5.92 Å². The number of Topliss-reactive ketones (excluding diaryl/α,β-unsaturated/α-hetero) is 1. The minimum absolute atomic E-state index is 0.0436. The number of hydrogen-bond donors (Lipinski definition) is 2. The number of furan rings is 1. The fraction of sp³-hybridized carbons (Fsp3) is 0.346. The van der Waals surface area contributed by atoms with Gasteiger partial charge in [0.05, 0.1) is 34.6 Å². The number of nitrogens with zero attached hydrogens (tertiary/aromatic N) is 1. The molecule has 1 amide bonds. The molecule has 0 unspecified atom stereocenters.